The lowest BCUT2D eigenvalue weighted by molar-refractivity contribution is 0.0742. The Morgan fingerprint density at radius 3 is 2.43 bits per heavy atom. The largest absolute Gasteiger partial charge is 0.353 e. The number of aromatic nitrogens is 1. The van der Waals surface area contributed by atoms with Crippen LogP contribution in [0.15, 0.2) is 36.5 Å². The molecule has 0 N–H and O–H groups in total. The van der Waals surface area contributed by atoms with Gasteiger partial charge < -0.3 is 9.80 Å². The van der Waals surface area contributed by atoms with Crippen LogP contribution >= 0.6 is 0 Å². The molecular formula is C21H23FN4O2. The average Bonchev–Trinajstić information content (AvgIpc) is 2.74. The lowest BCUT2D eigenvalue weighted by Gasteiger charge is -2.35. The first-order chi connectivity index (χ1) is 13.5. The van der Waals surface area contributed by atoms with Crippen molar-refractivity contribution in [2.45, 2.75) is 20.3 Å². The number of carbonyl (C=O) groups excluding carboxylic acids is 2. The molecule has 2 aromatic rings. The fourth-order valence-electron chi connectivity index (χ4n) is 2.73. The smallest absolute Gasteiger partial charge is 0.256 e. The fourth-order valence-corrected chi connectivity index (χ4v) is 2.73. The van der Waals surface area contributed by atoms with Gasteiger partial charge in [0.15, 0.2) is 0 Å². The third-order valence-corrected chi connectivity index (χ3v) is 4.12. The fraction of sp³-hybridized carbons (Fsp3) is 0.333. The van der Waals surface area contributed by atoms with Gasteiger partial charge in [-0.1, -0.05) is 20.3 Å². The number of rotatable bonds is 3. The van der Waals surface area contributed by atoms with Crippen LogP contribution in [0.1, 0.15) is 46.5 Å². The van der Waals surface area contributed by atoms with E-state index in [1.54, 1.807) is 17.0 Å². The molecule has 146 valence electrons. The van der Waals surface area contributed by atoms with E-state index in [1.807, 2.05) is 11.0 Å². The van der Waals surface area contributed by atoms with Crippen LogP contribution in [-0.2, 0) is 0 Å². The SMILES string of the molecule is CCC.N#Cc1ccc(N2CCN(C(=O)c3cc(C=O)ccc3F)CC2)nc1. The zero-order chi connectivity index (χ0) is 20.5. The Kier molecular flexibility index (Phi) is 7.64. The highest BCUT2D eigenvalue weighted by Gasteiger charge is 2.24. The molecule has 0 spiro atoms. The molecule has 0 aliphatic carbocycles. The van der Waals surface area contributed by atoms with Gasteiger partial charge in [-0.15, -0.1) is 0 Å². The first-order valence-electron chi connectivity index (χ1n) is 9.19. The normalized spacial score (nSPS) is 13.2. The zero-order valence-corrected chi connectivity index (χ0v) is 16.1. The van der Waals surface area contributed by atoms with E-state index in [0.29, 0.717) is 38.0 Å². The number of hydrogen-bond donors (Lipinski definition) is 0. The van der Waals surface area contributed by atoms with Crippen molar-refractivity contribution in [1.82, 2.24) is 9.88 Å². The number of nitriles is 1. The van der Waals surface area contributed by atoms with Gasteiger partial charge in [-0.3, -0.25) is 9.59 Å². The minimum Gasteiger partial charge on any atom is -0.353 e. The molecule has 0 bridgehead atoms. The zero-order valence-electron chi connectivity index (χ0n) is 16.1. The standard InChI is InChI=1S/C18H15FN4O2.C3H8/c19-16-3-1-13(12-24)9-15(16)18(25)23-7-5-22(6-8-23)17-4-2-14(10-20)11-21-17;1-3-2/h1-4,9,11-12H,5-8H2;3H2,1-2H3. The van der Waals surface area contributed by atoms with E-state index in [0.717, 1.165) is 11.9 Å². The second-order valence-corrected chi connectivity index (χ2v) is 6.36. The second kappa shape index (κ2) is 10.2. The van der Waals surface area contributed by atoms with E-state index in [-0.39, 0.29) is 11.1 Å². The lowest BCUT2D eigenvalue weighted by Crippen LogP contribution is -2.49. The minimum atomic E-state index is -0.633. The molecule has 2 heterocycles. The number of nitrogens with zero attached hydrogens (tertiary/aromatic N) is 4. The molecule has 1 aromatic carbocycles. The monoisotopic (exact) mass is 382 g/mol. The number of hydrogen-bond acceptors (Lipinski definition) is 5. The summed E-state index contributed by atoms with van der Waals surface area (Å²) in [6, 6.07) is 9.23. The first kappa shape index (κ1) is 21.0. The maximum absolute atomic E-state index is 13.9. The molecule has 7 heteroatoms. The number of pyridine rings is 1. The summed E-state index contributed by atoms with van der Waals surface area (Å²) in [4.78, 5) is 31.2. The van der Waals surface area contributed by atoms with E-state index >= 15 is 0 Å². The van der Waals surface area contributed by atoms with Crippen LogP contribution in [0.25, 0.3) is 0 Å². The van der Waals surface area contributed by atoms with Gasteiger partial charge >= 0.3 is 0 Å². The van der Waals surface area contributed by atoms with E-state index < -0.39 is 11.7 Å². The number of piperazine rings is 1. The van der Waals surface area contributed by atoms with Crippen molar-refractivity contribution >= 4 is 18.0 Å². The van der Waals surface area contributed by atoms with E-state index in [2.05, 4.69) is 18.8 Å². The summed E-state index contributed by atoms with van der Waals surface area (Å²) in [7, 11) is 0. The van der Waals surface area contributed by atoms with Crippen LogP contribution in [0.2, 0.25) is 0 Å². The quantitative estimate of drug-likeness (QED) is 0.762. The molecule has 1 amide bonds. The summed E-state index contributed by atoms with van der Waals surface area (Å²) in [6.07, 6.45) is 3.35. The van der Waals surface area contributed by atoms with Gasteiger partial charge in [0.2, 0.25) is 0 Å². The van der Waals surface area contributed by atoms with Crippen LogP contribution in [0.3, 0.4) is 0 Å². The second-order valence-electron chi connectivity index (χ2n) is 6.36. The maximum Gasteiger partial charge on any atom is 0.256 e. The number of amides is 1. The highest BCUT2D eigenvalue weighted by molar-refractivity contribution is 5.96. The lowest BCUT2D eigenvalue weighted by atomic mass is 10.1. The molecule has 1 aliphatic heterocycles. The number of aldehydes is 1. The van der Waals surface area contributed by atoms with Crippen molar-refractivity contribution in [1.29, 1.82) is 5.26 Å². The summed E-state index contributed by atoms with van der Waals surface area (Å²) < 4.78 is 13.9. The van der Waals surface area contributed by atoms with E-state index in [1.165, 1.54) is 24.8 Å². The van der Waals surface area contributed by atoms with Crippen LogP contribution in [-0.4, -0.2) is 48.3 Å². The first-order valence-corrected chi connectivity index (χ1v) is 9.19. The van der Waals surface area contributed by atoms with E-state index in [4.69, 9.17) is 5.26 Å². The molecule has 0 unspecified atom stereocenters. The van der Waals surface area contributed by atoms with Crippen molar-refractivity contribution < 1.29 is 14.0 Å². The van der Waals surface area contributed by atoms with Crippen LogP contribution < -0.4 is 4.90 Å². The Morgan fingerprint density at radius 2 is 1.89 bits per heavy atom. The predicted octanol–water partition coefficient (Wildman–Crippen LogP) is 3.28. The highest BCUT2D eigenvalue weighted by Crippen LogP contribution is 2.17. The van der Waals surface area contributed by atoms with Crippen LogP contribution in [0.5, 0.6) is 0 Å². The Morgan fingerprint density at radius 1 is 1.21 bits per heavy atom. The molecule has 1 fully saturated rings. The van der Waals surface area contributed by atoms with Crippen LogP contribution in [0.4, 0.5) is 10.2 Å². The molecular weight excluding hydrogens is 359 g/mol. The summed E-state index contributed by atoms with van der Waals surface area (Å²) in [5.41, 5.74) is 0.669. The number of anilines is 1. The number of halogens is 1. The molecule has 3 rings (SSSR count). The van der Waals surface area contributed by atoms with Crippen molar-refractivity contribution in [2.75, 3.05) is 31.1 Å². The topological polar surface area (TPSA) is 77.3 Å². The third-order valence-electron chi connectivity index (χ3n) is 4.12. The van der Waals surface area contributed by atoms with Gasteiger partial charge in [0.05, 0.1) is 11.1 Å². The Bertz CT molecular complexity index is 854. The molecule has 6 nitrogen and oxygen atoms in total. The molecule has 1 aromatic heterocycles. The maximum atomic E-state index is 13.9. The minimum absolute atomic E-state index is 0.0884. The molecule has 1 saturated heterocycles. The van der Waals surface area contributed by atoms with E-state index in [9.17, 15) is 14.0 Å². The molecule has 0 radical (unpaired) electrons. The van der Waals surface area contributed by atoms with Gasteiger partial charge in [-0.25, -0.2) is 9.37 Å². The summed E-state index contributed by atoms with van der Waals surface area (Å²) in [5.74, 6) is -0.319. The van der Waals surface area contributed by atoms with Gasteiger partial charge in [0.1, 0.15) is 24.0 Å². The Labute approximate surface area is 164 Å². The molecule has 0 atom stereocenters. The van der Waals surface area contributed by atoms with Gasteiger partial charge in [-0.2, -0.15) is 5.26 Å². The Balaban J connectivity index is 0.000000878. The van der Waals surface area contributed by atoms with Gasteiger partial charge in [-0.05, 0) is 30.3 Å². The average molecular weight is 382 g/mol. The molecule has 0 saturated carbocycles. The summed E-state index contributed by atoms with van der Waals surface area (Å²) >= 11 is 0. The van der Waals surface area contributed by atoms with Crippen molar-refractivity contribution in [3.05, 3.63) is 59.0 Å². The summed E-state index contributed by atoms with van der Waals surface area (Å²) in [6.45, 7) is 6.20. The predicted molar refractivity (Wildman–Crippen MR) is 105 cm³/mol. The Hall–Kier alpha value is -3.27. The van der Waals surface area contributed by atoms with Gasteiger partial charge in [0.25, 0.3) is 5.91 Å². The molecule has 28 heavy (non-hydrogen) atoms. The molecule has 1 aliphatic rings. The number of carbonyl (C=O) groups is 2. The van der Waals surface area contributed by atoms with Crippen LogP contribution in [0, 0.1) is 17.1 Å². The van der Waals surface area contributed by atoms with Crippen molar-refractivity contribution in [2.24, 2.45) is 0 Å². The van der Waals surface area contributed by atoms with Crippen molar-refractivity contribution in [3.63, 3.8) is 0 Å². The highest BCUT2D eigenvalue weighted by atomic mass is 19.1. The third kappa shape index (κ3) is 5.13. The number of benzene rings is 1. The van der Waals surface area contributed by atoms with Gasteiger partial charge in [0, 0.05) is 37.9 Å². The summed E-state index contributed by atoms with van der Waals surface area (Å²) in [5, 5.41) is 8.80. The van der Waals surface area contributed by atoms with Crippen molar-refractivity contribution in [3.8, 4) is 6.07 Å².